The first-order valence-corrected chi connectivity index (χ1v) is 7.93. The van der Waals surface area contributed by atoms with E-state index in [9.17, 15) is 4.79 Å². The minimum Gasteiger partial charge on any atom is -0.486 e. The van der Waals surface area contributed by atoms with Crippen LogP contribution in [0.4, 0.5) is 4.79 Å². The molecule has 1 aromatic heterocycles. The summed E-state index contributed by atoms with van der Waals surface area (Å²) in [6, 6.07) is 11.1. The van der Waals surface area contributed by atoms with E-state index in [1.165, 1.54) is 0 Å². The number of para-hydroxylation sites is 2. The first-order valence-electron chi connectivity index (χ1n) is 7.93. The van der Waals surface area contributed by atoms with Gasteiger partial charge in [-0.1, -0.05) is 18.2 Å². The highest BCUT2D eigenvalue weighted by Crippen LogP contribution is 2.30. The summed E-state index contributed by atoms with van der Waals surface area (Å²) >= 11 is 0. The topological polar surface area (TPSA) is 63.7 Å². The Labute approximate surface area is 141 Å². The minimum absolute atomic E-state index is 0.113. The Morgan fingerprint density at radius 1 is 1.33 bits per heavy atom. The predicted octanol–water partition coefficient (Wildman–Crippen LogP) is 2.62. The van der Waals surface area contributed by atoms with Gasteiger partial charge in [0.15, 0.2) is 17.6 Å². The van der Waals surface area contributed by atoms with Gasteiger partial charge < -0.3 is 19.7 Å². The number of carbonyl (C=O) groups is 1. The maximum atomic E-state index is 12.3. The van der Waals surface area contributed by atoms with Crippen LogP contribution in [-0.4, -0.2) is 42.2 Å². The molecule has 2 aromatic rings. The number of nitrogens with one attached hydrogen (secondary N) is 1. The van der Waals surface area contributed by atoms with Crippen LogP contribution < -0.4 is 14.8 Å². The van der Waals surface area contributed by atoms with Crippen LogP contribution in [0, 0.1) is 0 Å². The first-order chi connectivity index (χ1) is 11.6. The van der Waals surface area contributed by atoms with Gasteiger partial charge in [-0.15, -0.1) is 0 Å². The van der Waals surface area contributed by atoms with Gasteiger partial charge in [-0.05, 0) is 30.7 Å². The number of ether oxygens (including phenoxy) is 2. The number of hydrogen-bond donors (Lipinski definition) is 1. The SMILES string of the molecule is C[C@@H](NC(=O)N(C)C[C@H]1COc2ccccc2O1)c1cccnc1. The van der Waals surface area contributed by atoms with E-state index in [1.54, 1.807) is 24.3 Å². The molecule has 0 spiro atoms. The van der Waals surface area contributed by atoms with Crippen LogP contribution in [0.1, 0.15) is 18.5 Å². The Kier molecular flexibility index (Phi) is 4.84. The lowest BCUT2D eigenvalue weighted by atomic mass is 10.1. The molecule has 6 heteroatoms. The average molecular weight is 327 g/mol. The molecule has 2 heterocycles. The Bertz CT molecular complexity index is 693. The zero-order chi connectivity index (χ0) is 16.9. The van der Waals surface area contributed by atoms with Gasteiger partial charge in [0.25, 0.3) is 0 Å². The van der Waals surface area contributed by atoms with Crippen molar-refractivity contribution in [2.24, 2.45) is 0 Å². The zero-order valence-corrected chi connectivity index (χ0v) is 13.8. The van der Waals surface area contributed by atoms with E-state index in [0.29, 0.717) is 18.9 Å². The highest BCUT2D eigenvalue weighted by atomic mass is 16.6. The first kappa shape index (κ1) is 16.1. The number of rotatable bonds is 4. The van der Waals surface area contributed by atoms with Crippen LogP contribution in [0.3, 0.4) is 0 Å². The Morgan fingerprint density at radius 3 is 2.88 bits per heavy atom. The maximum Gasteiger partial charge on any atom is 0.317 e. The van der Waals surface area contributed by atoms with Crippen molar-refractivity contribution in [1.29, 1.82) is 0 Å². The summed E-state index contributed by atoms with van der Waals surface area (Å²) in [5, 5.41) is 2.96. The number of fused-ring (bicyclic) bond motifs is 1. The van der Waals surface area contributed by atoms with Gasteiger partial charge in [0, 0.05) is 19.4 Å². The highest BCUT2D eigenvalue weighted by molar-refractivity contribution is 5.74. The number of hydrogen-bond acceptors (Lipinski definition) is 4. The van der Waals surface area contributed by atoms with Gasteiger partial charge in [-0.25, -0.2) is 4.79 Å². The molecule has 0 fully saturated rings. The molecular formula is C18H21N3O3. The average Bonchev–Trinajstić information content (AvgIpc) is 2.62. The van der Waals surface area contributed by atoms with Crippen molar-refractivity contribution in [2.75, 3.05) is 20.2 Å². The van der Waals surface area contributed by atoms with E-state index in [2.05, 4.69) is 10.3 Å². The molecule has 3 rings (SSSR count). The van der Waals surface area contributed by atoms with Crippen LogP contribution in [0.15, 0.2) is 48.8 Å². The third-order valence-electron chi connectivity index (χ3n) is 3.92. The third-order valence-corrected chi connectivity index (χ3v) is 3.92. The van der Waals surface area contributed by atoms with Gasteiger partial charge in [0.1, 0.15) is 6.61 Å². The minimum atomic E-state index is -0.190. The molecule has 2 atom stereocenters. The molecule has 1 aromatic carbocycles. The van der Waals surface area contributed by atoms with Crippen molar-refractivity contribution in [3.05, 3.63) is 54.4 Å². The van der Waals surface area contributed by atoms with Crippen molar-refractivity contribution in [2.45, 2.75) is 19.1 Å². The molecule has 0 saturated heterocycles. The quantitative estimate of drug-likeness (QED) is 0.937. The number of amides is 2. The molecule has 1 aliphatic heterocycles. The molecule has 0 unspecified atom stereocenters. The van der Waals surface area contributed by atoms with Crippen molar-refractivity contribution in [3.63, 3.8) is 0 Å². The normalized spacial score (nSPS) is 17.0. The van der Waals surface area contributed by atoms with E-state index < -0.39 is 0 Å². The van der Waals surface area contributed by atoms with Gasteiger partial charge >= 0.3 is 6.03 Å². The molecule has 1 aliphatic rings. The summed E-state index contributed by atoms with van der Waals surface area (Å²) in [6.45, 7) is 2.80. The summed E-state index contributed by atoms with van der Waals surface area (Å²) in [5.74, 6) is 1.46. The molecule has 1 N–H and O–H groups in total. The van der Waals surface area contributed by atoms with E-state index in [1.807, 2.05) is 43.3 Å². The van der Waals surface area contributed by atoms with Crippen molar-refractivity contribution in [3.8, 4) is 11.5 Å². The summed E-state index contributed by atoms with van der Waals surface area (Å²) < 4.78 is 11.6. The van der Waals surface area contributed by atoms with E-state index in [0.717, 1.165) is 11.3 Å². The van der Waals surface area contributed by atoms with Crippen LogP contribution in [0.5, 0.6) is 11.5 Å². The van der Waals surface area contributed by atoms with E-state index in [4.69, 9.17) is 9.47 Å². The second-order valence-corrected chi connectivity index (χ2v) is 5.84. The number of benzene rings is 1. The lowest BCUT2D eigenvalue weighted by molar-refractivity contribution is 0.0713. The fraction of sp³-hybridized carbons (Fsp3) is 0.333. The number of aromatic nitrogens is 1. The van der Waals surface area contributed by atoms with Gasteiger partial charge in [-0.2, -0.15) is 0 Å². The second-order valence-electron chi connectivity index (χ2n) is 5.84. The smallest absolute Gasteiger partial charge is 0.317 e. The van der Waals surface area contributed by atoms with Crippen LogP contribution in [-0.2, 0) is 0 Å². The van der Waals surface area contributed by atoms with Crippen LogP contribution >= 0.6 is 0 Å². The molecule has 126 valence electrons. The molecule has 0 aliphatic carbocycles. The Balaban J connectivity index is 1.53. The predicted molar refractivity (Wildman–Crippen MR) is 90.2 cm³/mol. The largest absolute Gasteiger partial charge is 0.486 e. The fourth-order valence-electron chi connectivity index (χ4n) is 2.55. The molecule has 24 heavy (non-hydrogen) atoms. The standard InChI is InChI=1S/C18H21N3O3/c1-13(14-6-5-9-19-10-14)20-18(22)21(2)11-15-12-23-16-7-3-4-8-17(16)24-15/h3-10,13,15H,11-12H2,1-2H3,(H,20,22)/t13-,15+/m1/s1. The lowest BCUT2D eigenvalue weighted by Crippen LogP contribution is -2.46. The van der Waals surface area contributed by atoms with Crippen LogP contribution in [0.2, 0.25) is 0 Å². The zero-order valence-electron chi connectivity index (χ0n) is 13.8. The monoisotopic (exact) mass is 327 g/mol. The molecule has 0 saturated carbocycles. The van der Waals surface area contributed by atoms with Gasteiger partial charge in [-0.3, -0.25) is 4.98 Å². The number of urea groups is 1. The number of carbonyl (C=O) groups excluding carboxylic acids is 1. The summed E-state index contributed by atoms with van der Waals surface area (Å²) in [7, 11) is 1.75. The van der Waals surface area contributed by atoms with Crippen molar-refractivity contribution >= 4 is 6.03 Å². The molecule has 0 bridgehead atoms. The fourth-order valence-corrected chi connectivity index (χ4v) is 2.55. The molecule has 6 nitrogen and oxygen atoms in total. The summed E-state index contributed by atoms with van der Waals surface area (Å²) in [4.78, 5) is 18.0. The molecule has 0 radical (unpaired) electrons. The second kappa shape index (κ2) is 7.21. The van der Waals surface area contributed by atoms with E-state index >= 15 is 0 Å². The number of pyridine rings is 1. The van der Waals surface area contributed by atoms with Crippen molar-refractivity contribution in [1.82, 2.24) is 15.2 Å². The Hall–Kier alpha value is -2.76. The number of nitrogens with zero attached hydrogens (tertiary/aromatic N) is 2. The van der Waals surface area contributed by atoms with Gasteiger partial charge in [0.05, 0.1) is 12.6 Å². The third kappa shape index (κ3) is 3.76. The Morgan fingerprint density at radius 2 is 2.12 bits per heavy atom. The maximum absolute atomic E-state index is 12.3. The van der Waals surface area contributed by atoms with E-state index in [-0.39, 0.29) is 18.2 Å². The van der Waals surface area contributed by atoms with Crippen LogP contribution in [0.25, 0.3) is 0 Å². The van der Waals surface area contributed by atoms with Gasteiger partial charge in [0.2, 0.25) is 0 Å². The molecular weight excluding hydrogens is 306 g/mol. The molecule has 2 amide bonds. The lowest BCUT2D eigenvalue weighted by Gasteiger charge is -2.30. The number of likely N-dealkylation sites (N-methyl/N-ethyl adjacent to an activating group) is 1. The summed E-state index contributed by atoms with van der Waals surface area (Å²) in [5.41, 5.74) is 0.963. The van der Waals surface area contributed by atoms with Crippen molar-refractivity contribution < 1.29 is 14.3 Å². The highest BCUT2D eigenvalue weighted by Gasteiger charge is 2.24. The summed E-state index contributed by atoms with van der Waals surface area (Å²) in [6.07, 6.45) is 3.27.